The Bertz CT molecular complexity index is 859. The van der Waals surface area contributed by atoms with Crippen molar-refractivity contribution >= 4 is 11.8 Å². The maximum absolute atomic E-state index is 12.9. The van der Waals surface area contributed by atoms with Crippen LogP contribution in [0, 0.1) is 18.8 Å². The summed E-state index contributed by atoms with van der Waals surface area (Å²) in [7, 11) is 3.18. The van der Waals surface area contributed by atoms with Crippen LogP contribution in [0.1, 0.15) is 23.6 Å². The SMILES string of the molecule is COc1ccc(CCN2C(=O)[C@@H](C)[C@@H](Cc3ccc(C)cc3)C2=O)cc1OC. The van der Waals surface area contributed by atoms with Crippen molar-refractivity contribution in [3.8, 4) is 11.5 Å². The molecule has 0 bridgehead atoms. The summed E-state index contributed by atoms with van der Waals surface area (Å²) in [5, 5.41) is 0. The number of rotatable bonds is 7. The molecule has 0 saturated carbocycles. The van der Waals surface area contributed by atoms with Crippen molar-refractivity contribution < 1.29 is 19.1 Å². The average Bonchev–Trinajstić information content (AvgIpc) is 2.91. The standard InChI is InChI=1S/C23H27NO4/c1-15-5-7-17(8-6-15)13-19-16(2)22(25)24(23(19)26)12-11-18-9-10-20(27-3)21(14-18)28-4/h5-10,14,16,19H,11-13H2,1-4H3/t16-,19+/m0/s1. The molecule has 2 aromatic rings. The predicted molar refractivity (Wildman–Crippen MR) is 108 cm³/mol. The quantitative estimate of drug-likeness (QED) is 0.690. The van der Waals surface area contributed by atoms with Crippen molar-refractivity contribution in [1.29, 1.82) is 0 Å². The van der Waals surface area contributed by atoms with Crippen LogP contribution in [0.15, 0.2) is 42.5 Å². The number of amides is 2. The largest absolute Gasteiger partial charge is 0.493 e. The first-order valence-corrected chi connectivity index (χ1v) is 9.56. The summed E-state index contributed by atoms with van der Waals surface area (Å²) in [5.41, 5.74) is 3.26. The number of carbonyl (C=O) groups excluding carboxylic acids is 2. The summed E-state index contributed by atoms with van der Waals surface area (Å²) in [6.45, 7) is 4.27. The molecule has 5 heteroatoms. The number of likely N-dealkylation sites (tertiary alicyclic amines) is 1. The molecule has 0 aliphatic carbocycles. The van der Waals surface area contributed by atoms with Crippen LogP contribution in [-0.4, -0.2) is 37.5 Å². The number of benzene rings is 2. The van der Waals surface area contributed by atoms with Crippen LogP contribution in [0.5, 0.6) is 11.5 Å². The van der Waals surface area contributed by atoms with E-state index in [2.05, 4.69) is 0 Å². The van der Waals surface area contributed by atoms with E-state index in [1.165, 1.54) is 10.5 Å². The molecule has 1 aliphatic heterocycles. The maximum Gasteiger partial charge on any atom is 0.233 e. The molecule has 148 valence electrons. The third-order valence-corrected chi connectivity index (χ3v) is 5.49. The Labute approximate surface area is 166 Å². The van der Waals surface area contributed by atoms with E-state index >= 15 is 0 Å². The van der Waals surface area contributed by atoms with E-state index < -0.39 is 0 Å². The number of aryl methyl sites for hydroxylation is 1. The summed E-state index contributed by atoms with van der Waals surface area (Å²) in [4.78, 5) is 27.0. The van der Waals surface area contributed by atoms with Gasteiger partial charge in [-0.3, -0.25) is 14.5 Å². The van der Waals surface area contributed by atoms with Crippen molar-refractivity contribution in [1.82, 2.24) is 4.90 Å². The van der Waals surface area contributed by atoms with Crippen LogP contribution in [0.3, 0.4) is 0 Å². The molecule has 1 aliphatic rings. The first kappa shape index (κ1) is 19.9. The van der Waals surface area contributed by atoms with Crippen molar-refractivity contribution in [3.05, 3.63) is 59.2 Å². The van der Waals surface area contributed by atoms with Gasteiger partial charge in [-0.25, -0.2) is 0 Å². The van der Waals surface area contributed by atoms with Crippen molar-refractivity contribution in [2.24, 2.45) is 11.8 Å². The minimum absolute atomic E-state index is 0.0708. The summed E-state index contributed by atoms with van der Waals surface area (Å²) in [6.07, 6.45) is 1.18. The molecule has 0 N–H and O–H groups in total. The highest BCUT2D eigenvalue weighted by atomic mass is 16.5. The Balaban J connectivity index is 1.68. The number of hydrogen-bond donors (Lipinski definition) is 0. The highest BCUT2D eigenvalue weighted by Gasteiger charge is 2.44. The van der Waals surface area contributed by atoms with E-state index in [0.29, 0.717) is 30.9 Å². The van der Waals surface area contributed by atoms with Gasteiger partial charge in [0.2, 0.25) is 11.8 Å². The molecule has 2 aromatic carbocycles. The number of nitrogens with zero attached hydrogens (tertiary/aromatic N) is 1. The van der Waals surface area contributed by atoms with Gasteiger partial charge in [0.05, 0.1) is 20.1 Å². The lowest BCUT2D eigenvalue weighted by molar-refractivity contribution is -0.139. The van der Waals surface area contributed by atoms with Gasteiger partial charge in [0, 0.05) is 12.5 Å². The summed E-state index contributed by atoms with van der Waals surface area (Å²) >= 11 is 0. The van der Waals surface area contributed by atoms with E-state index in [1.807, 2.05) is 56.3 Å². The molecule has 0 unspecified atom stereocenters. The van der Waals surface area contributed by atoms with Crippen LogP contribution >= 0.6 is 0 Å². The van der Waals surface area contributed by atoms with Gasteiger partial charge in [0.25, 0.3) is 0 Å². The second-order valence-electron chi connectivity index (χ2n) is 7.35. The molecule has 2 atom stereocenters. The van der Waals surface area contributed by atoms with Gasteiger partial charge in [-0.05, 0) is 43.0 Å². The molecule has 0 aromatic heterocycles. The van der Waals surface area contributed by atoms with E-state index in [4.69, 9.17) is 9.47 Å². The molecule has 28 heavy (non-hydrogen) atoms. The Morgan fingerprint density at radius 3 is 2.18 bits per heavy atom. The van der Waals surface area contributed by atoms with Crippen LogP contribution in [0.4, 0.5) is 0 Å². The van der Waals surface area contributed by atoms with Gasteiger partial charge in [0.1, 0.15) is 0 Å². The first-order valence-electron chi connectivity index (χ1n) is 9.56. The van der Waals surface area contributed by atoms with Crippen LogP contribution < -0.4 is 9.47 Å². The molecule has 5 nitrogen and oxygen atoms in total. The number of hydrogen-bond acceptors (Lipinski definition) is 4. The minimum Gasteiger partial charge on any atom is -0.493 e. The lowest BCUT2D eigenvalue weighted by Gasteiger charge is -2.16. The Morgan fingerprint density at radius 1 is 0.893 bits per heavy atom. The third-order valence-electron chi connectivity index (χ3n) is 5.49. The Hall–Kier alpha value is -2.82. The Morgan fingerprint density at radius 2 is 1.54 bits per heavy atom. The van der Waals surface area contributed by atoms with Crippen molar-refractivity contribution in [3.63, 3.8) is 0 Å². The highest BCUT2D eigenvalue weighted by Crippen LogP contribution is 2.31. The molecule has 1 saturated heterocycles. The number of ether oxygens (including phenoxy) is 2. The molecule has 3 rings (SSSR count). The monoisotopic (exact) mass is 381 g/mol. The van der Waals surface area contributed by atoms with E-state index in [0.717, 1.165) is 11.1 Å². The molecule has 0 spiro atoms. The van der Waals surface area contributed by atoms with Crippen LogP contribution in [0.2, 0.25) is 0 Å². The lowest BCUT2D eigenvalue weighted by atomic mass is 9.90. The lowest BCUT2D eigenvalue weighted by Crippen LogP contribution is -2.33. The molecule has 1 fully saturated rings. The first-order chi connectivity index (χ1) is 13.4. The fourth-order valence-corrected chi connectivity index (χ4v) is 3.68. The van der Waals surface area contributed by atoms with E-state index in [9.17, 15) is 9.59 Å². The second-order valence-corrected chi connectivity index (χ2v) is 7.35. The smallest absolute Gasteiger partial charge is 0.233 e. The van der Waals surface area contributed by atoms with Crippen LogP contribution in [-0.2, 0) is 22.4 Å². The number of methoxy groups -OCH3 is 2. The zero-order valence-electron chi connectivity index (χ0n) is 16.9. The normalized spacial score (nSPS) is 19.2. The molecule has 2 amide bonds. The zero-order chi connectivity index (χ0) is 20.3. The van der Waals surface area contributed by atoms with E-state index in [1.54, 1.807) is 14.2 Å². The minimum atomic E-state index is -0.292. The van der Waals surface area contributed by atoms with Gasteiger partial charge in [-0.2, -0.15) is 0 Å². The zero-order valence-corrected chi connectivity index (χ0v) is 16.9. The molecule has 1 heterocycles. The fourth-order valence-electron chi connectivity index (χ4n) is 3.68. The summed E-state index contributed by atoms with van der Waals surface area (Å²) in [5.74, 6) is 0.567. The van der Waals surface area contributed by atoms with Crippen molar-refractivity contribution in [2.75, 3.05) is 20.8 Å². The second kappa shape index (κ2) is 8.46. The average molecular weight is 381 g/mol. The summed E-state index contributed by atoms with van der Waals surface area (Å²) in [6, 6.07) is 13.8. The predicted octanol–water partition coefficient (Wildman–Crippen LogP) is 3.42. The fraction of sp³-hybridized carbons (Fsp3) is 0.391. The maximum atomic E-state index is 12.9. The van der Waals surface area contributed by atoms with Gasteiger partial charge in [-0.1, -0.05) is 42.8 Å². The Kier molecular flexibility index (Phi) is 6.02. The van der Waals surface area contributed by atoms with Gasteiger partial charge in [-0.15, -0.1) is 0 Å². The van der Waals surface area contributed by atoms with Crippen LogP contribution in [0.25, 0.3) is 0 Å². The van der Waals surface area contributed by atoms with Gasteiger partial charge >= 0.3 is 0 Å². The number of carbonyl (C=O) groups is 2. The highest BCUT2D eigenvalue weighted by molar-refractivity contribution is 6.05. The van der Waals surface area contributed by atoms with Gasteiger partial charge in [0.15, 0.2) is 11.5 Å². The number of imide groups is 1. The topological polar surface area (TPSA) is 55.8 Å². The third kappa shape index (κ3) is 4.03. The summed E-state index contributed by atoms with van der Waals surface area (Å²) < 4.78 is 10.6. The van der Waals surface area contributed by atoms with Gasteiger partial charge < -0.3 is 9.47 Å². The van der Waals surface area contributed by atoms with Crippen molar-refractivity contribution in [2.45, 2.75) is 26.7 Å². The van der Waals surface area contributed by atoms with E-state index in [-0.39, 0.29) is 23.7 Å². The molecule has 0 radical (unpaired) electrons. The molecular formula is C23H27NO4. The molecular weight excluding hydrogens is 354 g/mol.